The van der Waals surface area contributed by atoms with Gasteiger partial charge in [0, 0.05) is 0 Å². The smallest absolute Gasteiger partial charge is 0.317 e. The molecule has 13 heavy (non-hydrogen) atoms. The van der Waals surface area contributed by atoms with Crippen LogP contribution in [0.2, 0.25) is 0 Å². The maximum Gasteiger partial charge on any atom is 0.317 e. The zero-order chi connectivity index (χ0) is 9.59. The molecule has 1 heterocycles. The Morgan fingerprint density at radius 3 is 2.54 bits per heavy atom. The van der Waals surface area contributed by atoms with Crippen molar-refractivity contribution in [2.24, 2.45) is 23.7 Å². The summed E-state index contributed by atoms with van der Waals surface area (Å²) < 4.78 is 4.65. The average molecular weight is 182 g/mol. The van der Waals surface area contributed by atoms with E-state index in [2.05, 4.69) is 11.7 Å². The van der Waals surface area contributed by atoms with Gasteiger partial charge >= 0.3 is 11.9 Å². The minimum absolute atomic E-state index is 0.140. The van der Waals surface area contributed by atoms with Crippen LogP contribution in [0.15, 0.2) is 0 Å². The van der Waals surface area contributed by atoms with E-state index < -0.39 is 0 Å². The minimum atomic E-state index is -0.297. The number of ether oxygens (including phenoxy) is 1. The largest absolute Gasteiger partial charge is 0.393 e. The highest BCUT2D eigenvalue weighted by Crippen LogP contribution is 2.42. The molecule has 0 unspecified atom stereocenters. The number of esters is 2. The molecule has 1 saturated heterocycles. The summed E-state index contributed by atoms with van der Waals surface area (Å²) in [5, 5.41) is 0. The Labute approximate surface area is 77.4 Å². The molecular formula is C10H14O3. The van der Waals surface area contributed by atoms with Crippen LogP contribution in [0, 0.1) is 23.7 Å². The molecule has 3 nitrogen and oxygen atoms in total. The molecule has 0 N–H and O–H groups in total. The lowest BCUT2D eigenvalue weighted by Crippen LogP contribution is -2.33. The standard InChI is InChI=1S/C10H14O3/c1-5-3-4-7-8(6(5)2)10(12)13-9(7)11/h5-8H,3-4H2,1-2H3/t5-,6-,7+,8-/m1/s1. The van der Waals surface area contributed by atoms with Crippen molar-refractivity contribution in [2.75, 3.05) is 0 Å². The van der Waals surface area contributed by atoms with Crippen molar-refractivity contribution in [1.29, 1.82) is 0 Å². The monoisotopic (exact) mass is 182 g/mol. The number of rotatable bonds is 0. The van der Waals surface area contributed by atoms with Gasteiger partial charge in [0.1, 0.15) is 0 Å². The molecule has 0 spiro atoms. The van der Waals surface area contributed by atoms with E-state index >= 15 is 0 Å². The zero-order valence-electron chi connectivity index (χ0n) is 7.95. The topological polar surface area (TPSA) is 43.4 Å². The Bertz CT molecular complexity index is 259. The van der Waals surface area contributed by atoms with E-state index in [1.165, 1.54) is 0 Å². The van der Waals surface area contributed by atoms with Crippen molar-refractivity contribution < 1.29 is 14.3 Å². The van der Waals surface area contributed by atoms with Crippen molar-refractivity contribution in [1.82, 2.24) is 0 Å². The van der Waals surface area contributed by atoms with E-state index in [1.54, 1.807) is 0 Å². The maximum atomic E-state index is 11.3. The van der Waals surface area contributed by atoms with E-state index in [0.29, 0.717) is 5.92 Å². The van der Waals surface area contributed by atoms with E-state index in [9.17, 15) is 9.59 Å². The van der Waals surface area contributed by atoms with Gasteiger partial charge in [0.15, 0.2) is 0 Å². The molecule has 1 aliphatic carbocycles. The van der Waals surface area contributed by atoms with Gasteiger partial charge in [0.05, 0.1) is 11.8 Å². The van der Waals surface area contributed by atoms with Gasteiger partial charge < -0.3 is 4.74 Å². The first-order valence-corrected chi connectivity index (χ1v) is 4.87. The predicted molar refractivity (Wildman–Crippen MR) is 45.6 cm³/mol. The lowest BCUT2D eigenvalue weighted by atomic mass is 9.69. The fourth-order valence-electron chi connectivity index (χ4n) is 2.49. The Balaban J connectivity index is 2.25. The molecule has 0 amide bonds. The maximum absolute atomic E-state index is 11.3. The average Bonchev–Trinajstić information content (AvgIpc) is 2.35. The highest BCUT2D eigenvalue weighted by atomic mass is 16.6. The summed E-state index contributed by atoms with van der Waals surface area (Å²) in [6.07, 6.45) is 1.85. The summed E-state index contributed by atoms with van der Waals surface area (Å²) in [6, 6.07) is 0. The Morgan fingerprint density at radius 2 is 1.85 bits per heavy atom. The lowest BCUT2D eigenvalue weighted by Gasteiger charge is -2.31. The molecule has 1 aliphatic heterocycles. The summed E-state index contributed by atoms with van der Waals surface area (Å²) in [6.45, 7) is 4.18. The van der Waals surface area contributed by atoms with E-state index in [1.807, 2.05) is 6.92 Å². The minimum Gasteiger partial charge on any atom is -0.393 e. The van der Waals surface area contributed by atoms with E-state index in [0.717, 1.165) is 12.8 Å². The molecule has 3 heteroatoms. The van der Waals surface area contributed by atoms with Gasteiger partial charge in [-0.15, -0.1) is 0 Å². The summed E-state index contributed by atoms with van der Waals surface area (Å²) in [5.41, 5.74) is 0. The summed E-state index contributed by atoms with van der Waals surface area (Å²) >= 11 is 0. The highest BCUT2D eigenvalue weighted by Gasteiger charge is 2.50. The third kappa shape index (κ3) is 1.18. The number of hydrogen-bond donors (Lipinski definition) is 0. The molecule has 2 rings (SSSR count). The normalized spacial score (nSPS) is 44.5. The van der Waals surface area contributed by atoms with Crippen molar-refractivity contribution in [3.05, 3.63) is 0 Å². The third-order valence-electron chi connectivity index (χ3n) is 3.61. The zero-order valence-corrected chi connectivity index (χ0v) is 7.95. The van der Waals surface area contributed by atoms with Crippen LogP contribution in [-0.4, -0.2) is 11.9 Å². The van der Waals surface area contributed by atoms with Gasteiger partial charge in [-0.25, -0.2) is 0 Å². The first kappa shape index (κ1) is 8.73. The Morgan fingerprint density at radius 1 is 1.15 bits per heavy atom. The number of hydrogen-bond acceptors (Lipinski definition) is 3. The summed E-state index contributed by atoms with van der Waals surface area (Å²) in [7, 11) is 0. The quantitative estimate of drug-likeness (QED) is 0.419. The number of fused-ring (bicyclic) bond motifs is 1. The van der Waals surface area contributed by atoms with Crippen LogP contribution in [-0.2, 0) is 14.3 Å². The Kier molecular flexibility index (Phi) is 1.90. The van der Waals surface area contributed by atoms with Crippen LogP contribution in [0.3, 0.4) is 0 Å². The predicted octanol–water partition coefficient (Wildman–Crippen LogP) is 1.37. The van der Waals surface area contributed by atoms with E-state index in [-0.39, 0.29) is 29.7 Å². The van der Waals surface area contributed by atoms with Crippen LogP contribution < -0.4 is 0 Å². The SMILES string of the molecule is C[C@H]1[C@H]2C(=O)OC(=O)[C@H]2CC[C@H]1C. The molecule has 72 valence electrons. The molecule has 0 aromatic rings. The number of carbonyl (C=O) groups is 2. The second-order valence-corrected chi connectivity index (χ2v) is 4.29. The third-order valence-corrected chi connectivity index (χ3v) is 3.61. The molecule has 2 fully saturated rings. The molecular weight excluding hydrogens is 168 g/mol. The second-order valence-electron chi connectivity index (χ2n) is 4.29. The van der Waals surface area contributed by atoms with Gasteiger partial charge in [-0.1, -0.05) is 13.8 Å². The van der Waals surface area contributed by atoms with Gasteiger partial charge in [-0.2, -0.15) is 0 Å². The summed E-state index contributed by atoms with van der Waals surface area (Å²) in [5.74, 6) is -0.0739. The van der Waals surface area contributed by atoms with Crippen molar-refractivity contribution in [3.8, 4) is 0 Å². The van der Waals surface area contributed by atoms with Gasteiger partial charge in [-0.3, -0.25) is 9.59 Å². The van der Waals surface area contributed by atoms with Crippen LogP contribution in [0.1, 0.15) is 26.7 Å². The van der Waals surface area contributed by atoms with Crippen LogP contribution in [0.4, 0.5) is 0 Å². The highest BCUT2D eigenvalue weighted by molar-refractivity contribution is 5.96. The van der Waals surface area contributed by atoms with Crippen LogP contribution in [0.25, 0.3) is 0 Å². The van der Waals surface area contributed by atoms with Gasteiger partial charge in [0.2, 0.25) is 0 Å². The van der Waals surface area contributed by atoms with E-state index in [4.69, 9.17) is 0 Å². The molecule has 4 atom stereocenters. The summed E-state index contributed by atoms with van der Waals surface area (Å²) in [4.78, 5) is 22.6. The molecule has 0 aromatic heterocycles. The molecule has 0 aromatic carbocycles. The van der Waals surface area contributed by atoms with Gasteiger partial charge in [-0.05, 0) is 24.7 Å². The van der Waals surface area contributed by atoms with Crippen LogP contribution >= 0.6 is 0 Å². The van der Waals surface area contributed by atoms with Gasteiger partial charge in [0.25, 0.3) is 0 Å². The first-order chi connectivity index (χ1) is 6.11. The van der Waals surface area contributed by atoms with Crippen molar-refractivity contribution >= 4 is 11.9 Å². The number of carbonyl (C=O) groups excluding carboxylic acids is 2. The van der Waals surface area contributed by atoms with Crippen LogP contribution in [0.5, 0.6) is 0 Å². The molecule has 0 radical (unpaired) electrons. The molecule has 0 bridgehead atoms. The molecule has 2 aliphatic rings. The first-order valence-electron chi connectivity index (χ1n) is 4.87. The second kappa shape index (κ2) is 2.82. The molecule has 1 saturated carbocycles. The fourth-order valence-corrected chi connectivity index (χ4v) is 2.49. The fraction of sp³-hybridized carbons (Fsp3) is 0.800. The van der Waals surface area contributed by atoms with Crippen molar-refractivity contribution in [2.45, 2.75) is 26.7 Å². The van der Waals surface area contributed by atoms with Crippen molar-refractivity contribution in [3.63, 3.8) is 0 Å². The lowest BCUT2D eigenvalue weighted by molar-refractivity contribution is -0.154. The number of cyclic esters (lactones) is 2. The Hall–Kier alpha value is -0.860.